The van der Waals surface area contributed by atoms with Crippen LogP contribution in [0.1, 0.15) is 19.4 Å². The molecular weight excluding hydrogens is 268 g/mol. The van der Waals surface area contributed by atoms with Gasteiger partial charge in [-0.05, 0) is 17.7 Å². The van der Waals surface area contributed by atoms with Gasteiger partial charge in [-0.1, -0.05) is 13.8 Å². The predicted molar refractivity (Wildman–Crippen MR) is 71.0 cm³/mol. The maximum Gasteiger partial charge on any atom is 0.328 e. The molecule has 0 aromatic carbocycles. The van der Waals surface area contributed by atoms with Crippen LogP contribution in [0.2, 0.25) is 0 Å². The smallest absolute Gasteiger partial charge is 0.328 e. The van der Waals surface area contributed by atoms with Crippen molar-refractivity contribution >= 4 is 22.1 Å². The van der Waals surface area contributed by atoms with Gasteiger partial charge in [0, 0.05) is 31.6 Å². The van der Waals surface area contributed by atoms with E-state index in [1.165, 1.54) is 28.8 Å². The van der Waals surface area contributed by atoms with Crippen LogP contribution in [0.15, 0.2) is 29.4 Å². The minimum atomic E-state index is -3.57. The Kier molecular flexibility index (Phi) is 5.20. The first kappa shape index (κ1) is 15.3. The molecule has 1 aromatic heterocycles. The second-order valence-corrected chi connectivity index (χ2v) is 5.65. The highest BCUT2D eigenvalue weighted by Gasteiger charge is 2.21. The Morgan fingerprint density at radius 3 is 2.53 bits per heavy atom. The molecule has 0 amide bonds. The number of pyridine rings is 1. The largest absolute Gasteiger partial charge is 0.478 e. The zero-order valence-electron chi connectivity index (χ0n) is 10.8. The number of sulfonamides is 1. The minimum absolute atomic E-state index is 0.0590. The number of hydrogen-bond donors (Lipinski definition) is 1. The van der Waals surface area contributed by atoms with Gasteiger partial charge in [-0.25, -0.2) is 13.2 Å². The molecule has 1 rings (SSSR count). The van der Waals surface area contributed by atoms with E-state index in [1.807, 2.05) is 0 Å². The number of nitrogens with zero attached hydrogens (tertiary/aromatic N) is 2. The van der Waals surface area contributed by atoms with Gasteiger partial charge in [-0.15, -0.1) is 0 Å². The molecule has 0 saturated carbocycles. The van der Waals surface area contributed by atoms with E-state index >= 15 is 0 Å². The van der Waals surface area contributed by atoms with Crippen molar-refractivity contribution in [1.29, 1.82) is 0 Å². The normalized spacial score (nSPS) is 12.2. The van der Waals surface area contributed by atoms with Crippen LogP contribution in [0.25, 0.3) is 6.08 Å². The Hall–Kier alpha value is -1.73. The topological polar surface area (TPSA) is 87.6 Å². The standard InChI is InChI=1S/C12H16N2O4S/c1-3-14(4-2)19(17,18)11-7-10(8-13-9-11)5-6-12(15)16/h5-9H,3-4H2,1-2H3,(H,15,16). The van der Waals surface area contributed by atoms with Crippen molar-refractivity contribution in [2.24, 2.45) is 0 Å². The number of aliphatic carboxylic acids is 1. The van der Waals surface area contributed by atoms with E-state index < -0.39 is 16.0 Å². The van der Waals surface area contributed by atoms with E-state index in [-0.39, 0.29) is 4.90 Å². The molecular formula is C12H16N2O4S. The summed E-state index contributed by atoms with van der Waals surface area (Å²) in [5.74, 6) is -1.10. The molecule has 0 fully saturated rings. The van der Waals surface area contributed by atoms with Crippen molar-refractivity contribution in [1.82, 2.24) is 9.29 Å². The Morgan fingerprint density at radius 1 is 1.37 bits per heavy atom. The van der Waals surface area contributed by atoms with Gasteiger partial charge in [0.15, 0.2) is 0 Å². The van der Waals surface area contributed by atoms with Gasteiger partial charge in [0.1, 0.15) is 4.90 Å². The third-order valence-electron chi connectivity index (χ3n) is 2.50. The molecule has 1 N–H and O–H groups in total. The van der Waals surface area contributed by atoms with E-state index in [9.17, 15) is 13.2 Å². The Labute approximate surface area is 112 Å². The summed E-state index contributed by atoms with van der Waals surface area (Å²) in [6, 6.07) is 1.40. The average Bonchev–Trinajstić information content (AvgIpc) is 2.38. The second-order valence-electron chi connectivity index (χ2n) is 3.71. The second kappa shape index (κ2) is 6.44. The summed E-state index contributed by atoms with van der Waals surface area (Å²) in [5, 5.41) is 8.53. The Bertz CT molecular complexity index is 577. The van der Waals surface area contributed by atoms with Crippen LogP contribution in [0.3, 0.4) is 0 Å². The maximum absolute atomic E-state index is 12.2. The Morgan fingerprint density at radius 2 is 2.00 bits per heavy atom. The van der Waals surface area contributed by atoms with Crippen LogP contribution < -0.4 is 0 Å². The summed E-state index contributed by atoms with van der Waals surface area (Å²) < 4.78 is 25.8. The lowest BCUT2D eigenvalue weighted by Crippen LogP contribution is -2.30. The SMILES string of the molecule is CCN(CC)S(=O)(=O)c1cncc(C=CC(=O)O)c1. The highest BCUT2D eigenvalue weighted by Crippen LogP contribution is 2.16. The predicted octanol–water partition coefficient (Wildman–Crippen LogP) is 1.21. The number of carboxylic acids is 1. The molecule has 0 aliphatic carbocycles. The zero-order chi connectivity index (χ0) is 14.5. The van der Waals surface area contributed by atoms with Crippen molar-refractivity contribution in [3.05, 3.63) is 30.1 Å². The van der Waals surface area contributed by atoms with E-state index in [1.54, 1.807) is 13.8 Å². The first-order valence-electron chi connectivity index (χ1n) is 5.78. The van der Waals surface area contributed by atoms with E-state index in [2.05, 4.69) is 4.98 Å². The van der Waals surface area contributed by atoms with E-state index in [4.69, 9.17) is 5.11 Å². The Balaban J connectivity index is 3.15. The highest BCUT2D eigenvalue weighted by atomic mass is 32.2. The molecule has 0 spiro atoms. The lowest BCUT2D eigenvalue weighted by Gasteiger charge is -2.18. The van der Waals surface area contributed by atoms with Crippen LogP contribution in [0.5, 0.6) is 0 Å². The van der Waals surface area contributed by atoms with Crippen LogP contribution >= 0.6 is 0 Å². The molecule has 6 nitrogen and oxygen atoms in total. The first-order chi connectivity index (χ1) is 8.91. The number of carboxylic acid groups (broad SMARTS) is 1. The van der Waals surface area contributed by atoms with E-state index in [0.29, 0.717) is 18.7 Å². The lowest BCUT2D eigenvalue weighted by atomic mass is 10.2. The monoisotopic (exact) mass is 284 g/mol. The highest BCUT2D eigenvalue weighted by molar-refractivity contribution is 7.89. The molecule has 0 aliphatic heterocycles. The van der Waals surface area contributed by atoms with Gasteiger partial charge in [-0.3, -0.25) is 4.98 Å². The van der Waals surface area contributed by atoms with Crippen molar-refractivity contribution in [3.63, 3.8) is 0 Å². The summed E-state index contributed by atoms with van der Waals surface area (Å²) >= 11 is 0. The number of rotatable bonds is 6. The van der Waals surface area contributed by atoms with Crippen molar-refractivity contribution in [3.8, 4) is 0 Å². The number of hydrogen-bond acceptors (Lipinski definition) is 4. The molecule has 0 bridgehead atoms. The van der Waals surface area contributed by atoms with Crippen LogP contribution in [-0.2, 0) is 14.8 Å². The van der Waals surface area contributed by atoms with Gasteiger partial charge in [0.05, 0.1) is 0 Å². The third-order valence-corrected chi connectivity index (χ3v) is 4.51. The van der Waals surface area contributed by atoms with Crippen molar-refractivity contribution in [2.75, 3.05) is 13.1 Å². The van der Waals surface area contributed by atoms with Gasteiger partial charge in [-0.2, -0.15) is 4.31 Å². The van der Waals surface area contributed by atoms with Crippen molar-refractivity contribution < 1.29 is 18.3 Å². The fourth-order valence-electron chi connectivity index (χ4n) is 1.55. The summed E-state index contributed by atoms with van der Waals surface area (Å²) in [6.45, 7) is 4.24. The quantitative estimate of drug-likeness (QED) is 0.793. The molecule has 0 radical (unpaired) electrons. The molecule has 0 unspecified atom stereocenters. The third kappa shape index (κ3) is 3.87. The molecule has 1 heterocycles. The van der Waals surface area contributed by atoms with Crippen LogP contribution in [0, 0.1) is 0 Å². The van der Waals surface area contributed by atoms with E-state index in [0.717, 1.165) is 6.08 Å². The first-order valence-corrected chi connectivity index (χ1v) is 7.22. The lowest BCUT2D eigenvalue weighted by molar-refractivity contribution is -0.131. The average molecular weight is 284 g/mol. The summed E-state index contributed by atoms with van der Waals surface area (Å²) in [4.78, 5) is 14.3. The zero-order valence-corrected chi connectivity index (χ0v) is 11.6. The fraction of sp³-hybridized carbons (Fsp3) is 0.333. The molecule has 0 saturated heterocycles. The summed E-state index contributed by atoms with van der Waals surface area (Å²) in [6.07, 6.45) is 4.90. The van der Waals surface area contributed by atoms with Gasteiger partial charge in [0.25, 0.3) is 0 Å². The maximum atomic E-state index is 12.2. The minimum Gasteiger partial charge on any atom is -0.478 e. The molecule has 0 atom stereocenters. The van der Waals surface area contributed by atoms with Gasteiger partial charge in [0.2, 0.25) is 10.0 Å². The molecule has 7 heteroatoms. The van der Waals surface area contributed by atoms with Crippen molar-refractivity contribution in [2.45, 2.75) is 18.7 Å². The molecule has 1 aromatic rings. The fourth-order valence-corrected chi connectivity index (χ4v) is 3.00. The number of aromatic nitrogens is 1. The van der Waals surface area contributed by atoms with Gasteiger partial charge < -0.3 is 5.11 Å². The summed E-state index contributed by atoms with van der Waals surface area (Å²) in [5.41, 5.74) is 0.427. The van der Waals surface area contributed by atoms with Crippen LogP contribution in [-0.4, -0.2) is 41.9 Å². The molecule has 104 valence electrons. The summed E-state index contributed by atoms with van der Waals surface area (Å²) in [7, 11) is -3.57. The molecule has 19 heavy (non-hydrogen) atoms. The number of carbonyl (C=O) groups is 1. The van der Waals surface area contributed by atoms with Gasteiger partial charge >= 0.3 is 5.97 Å². The van der Waals surface area contributed by atoms with Crippen LogP contribution in [0.4, 0.5) is 0 Å². The molecule has 0 aliphatic rings.